The molecule has 0 radical (unpaired) electrons. The van der Waals surface area contributed by atoms with Crippen LogP contribution in [0.2, 0.25) is 0 Å². The number of hydrogen-bond donors (Lipinski definition) is 1. The van der Waals surface area contributed by atoms with Crippen molar-refractivity contribution >= 4 is 21.7 Å². The standard InChI is InChI=1S/C22H17NO2/c1-13-12-15-4-2-3-5-16(15)20(22(13)24)17-6-7-18-19-14(9-11-25-18)8-10-23-21(17)19/h2-8,10,12,24H,9,11H2,1H3. The van der Waals surface area contributed by atoms with E-state index < -0.39 is 0 Å². The van der Waals surface area contributed by atoms with Gasteiger partial charge in [-0.1, -0.05) is 24.3 Å². The average molecular weight is 327 g/mol. The Balaban J connectivity index is 1.94. The molecule has 0 unspecified atom stereocenters. The number of phenolic OH excluding ortho intramolecular Hbond substituents is 1. The molecule has 0 aliphatic carbocycles. The molecule has 25 heavy (non-hydrogen) atoms. The number of nitrogens with zero attached hydrogens (tertiary/aromatic N) is 1. The highest BCUT2D eigenvalue weighted by Gasteiger charge is 2.20. The molecule has 5 rings (SSSR count). The number of aryl methyl sites for hydroxylation is 1. The number of fused-ring (bicyclic) bond motifs is 1. The van der Waals surface area contributed by atoms with Gasteiger partial charge in [-0.2, -0.15) is 0 Å². The molecule has 2 heterocycles. The van der Waals surface area contributed by atoms with Crippen LogP contribution in [0.25, 0.3) is 32.8 Å². The summed E-state index contributed by atoms with van der Waals surface area (Å²) in [5.74, 6) is 1.20. The first-order valence-corrected chi connectivity index (χ1v) is 8.49. The number of benzene rings is 3. The van der Waals surface area contributed by atoms with Gasteiger partial charge in [-0.15, -0.1) is 0 Å². The molecule has 3 aromatic carbocycles. The molecule has 0 spiro atoms. The summed E-state index contributed by atoms with van der Waals surface area (Å²) >= 11 is 0. The topological polar surface area (TPSA) is 42.4 Å². The molecule has 3 nitrogen and oxygen atoms in total. The van der Waals surface area contributed by atoms with Crippen molar-refractivity contribution in [2.45, 2.75) is 13.3 Å². The number of rotatable bonds is 1. The predicted molar refractivity (Wildman–Crippen MR) is 100 cm³/mol. The van der Waals surface area contributed by atoms with Gasteiger partial charge in [0.25, 0.3) is 0 Å². The fourth-order valence-electron chi connectivity index (χ4n) is 3.85. The Morgan fingerprint density at radius 3 is 2.88 bits per heavy atom. The molecule has 1 aliphatic heterocycles. The highest BCUT2D eigenvalue weighted by molar-refractivity contribution is 6.08. The second-order valence-electron chi connectivity index (χ2n) is 6.54. The molecule has 0 atom stereocenters. The zero-order valence-electron chi connectivity index (χ0n) is 13.9. The van der Waals surface area contributed by atoms with Crippen molar-refractivity contribution in [1.82, 2.24) is 4.98 Å². The van der Waals surface area contributed by atoms with E-state index in [1.54, 1.807) is 0 Å². The van der Waals surface area contributed by atoms with Crippen LogP contribution in [0.4, 0.5) is 0 Å². The first-order valence-electron chi connectivity index (χ1n) is 8.49. The van der Waals surface area contributed by atoms with Crippen LogP contribution in [0.3, 0.4) is 0 Å². The largest absolute Gasteiger partial charge is 0.507 e. The molecular formula is C22H17NO2. The number of phenols is 1. The normalized spacial score (nSPS) is 13.2. The van der Waals surface area contributed by atoms with E-state index in [1.165, 1.54) is 5.56 Å². The number of pyridine rings is 1. The Bertz CT molecular complexity index is 1140. The zero-order chi connectivity index (χ0) is 17.0. The fourth-order valence-corrected chi connectivity index (χ4v) is 3.85. The third-order valence-electron chi connectivity index (χ3n) is 5.05. The number of ether oxygens (including phenoxy) is 1. The van der Waals surface area contributed by atoms with Crippen molar-refractivity contribution in [1.29, 1.82) is 0 Å². The van der Waals surface area contributed by atoms with Gasteiger partial charge in [0.05, 0.1) is 12.1 Å². The van der Waals surface area contributed by atoms with Gasteiger partial charge in [-0.25, -0.2) is 0 Å². The summed E-state index contributed by atoms with van der Waals surface area (Å²) in [6, 6.07) is 16.2. The summed E-state index contributed by atoms with van der Waals surface area (Å²) in [6.45, 7) is 2.64. The second-order valence-corrected chi connectivity index (χ2v) is 6.54. The molecule has 1 aliphatic rings. The molecule has 0 saturated carbocycles. The third kappa shape index (κ3) is 2.02. The fraction of sp³-hybridized carbons (Fsp3) is 0.136. The summed E-state index contributed by atoms with van der Waals surface area (Å²) in [5.41, 5.74) is 4.80. The van der Waals surface area contributed by atoms with Crippen molar-refractivity contribution in [2.75, 3.05) is 6.61 Å². The van der Waals surface area contributed by atoms with Gasteiger partial charge in [0.15, 0.2) is 0 Å². The minimum Gasteiger partial charge on any atom is -0.507 e. The van der Waals surface area contributed by atoms with Crippen molar-refractivity contribution < 1.29 is 9.84 Å². The maximum Gasteiger partial charge on any atom is 0.129 e. The first-order chi connectivity index (χ1) is 12.2. The van der Waals surface area contributed by atoms with E-state index in [1.807, 2.05) is 43.5 Å². The molecule has 1 N–H and O–H groups in total. The van der Waals surface area contributed by atoms with Gasteiger partial charge in [-0.3, -0.25) is 4.98 Å². The molecule has 1 aromatic heterocycles. The van der Waals surface area contributed by atoms with Crippen LogP contribution in [0.5, 0.6) is 11.5 Å². The van der Waals surface area contributed by atoms with Crippen molar-refractivity contribution in [2.24, 2.45) is 0 Å². The Morgan fingerprint density at radius 2 is 1.96 bits per heavy atom. The van der Waals surface area contributed by atoms with E-state index in [4.69, 9.17) is 4.74 Å². The zero-order valence-corrected chi connectivity index (χ0v) is 13.9. The Kier molecular flexibility index (Phi) is 2.98. The van der Waals surface area contributed by atoms with Gasteiger partial charge < -0.3 is 9.84 Å². The molecule has 0 bridgehead atoms. The number of hydrogen-bond acceptors (Lipinski definition) is 3. The molecule has 0 saturated heterocycles. The van der Waals surface area contributed by atoms with Crippen LogP contribution in [0, 0.1) is 6.92 Å². The Hall–Kier alpha value is -3.07. The van der Waals surface area contributed by atoms with Crippen LogP contribution in [-0.2, 0) is 6.42 Å². The van der Waals surface area contributed by atoms with Crippen LogP contribution in [0.1, 0.15) is 11.1 Å². The van der Waals surface area contributed by atoms with Crippen LogP contribution in [0.15, 0.2) is 54.7 Å². The molecule has 122 valence electrons. The highest BCUT2D eigenvalue weighted by atomic mass is 16.5. The maximum atomic E-state index is 10.9. The molecule has 4 aromatic rings. The summed E-state index contributed by atoms with van der Waals surface area (Å²) in [6.07, 6.45) is 2.74. The quantitative estimate of drug-likeness (QED) is 0.535. The molecule has 0 fully saturated rings. The first kappa shape index (κ1) is 14.3. The van der Waals surface area contributed by atoms with Gasteiger partial charge in [0.1, 0.15) is 11.5 Å². The lowest BCUT2D eigenvalue weighted by Crippen LogP contribution is -2.09. The average Bonchev–Trinajstić information content (AvgIpc) is 2.64. The van der Waals surface area contributed by atoms with Crippen LogP contribution in [-0.4, -0.2) is 16.7 Å². The van der Waals surface area contributed by atoms with Gasteiger partial charge in [0, 0.05) is 29.1 Å². The van der Waals surface area contributed by atoms with Gasteiger partial charge in [-0.05, 0) is 53.1 Å². The van der Waals surface area contributed by atoms with Crippen molar-refractivity contribution in [3.8, 4) is 22.6 Å². The summed E-state index contributed by atoms with van der Waals surface area (Å²) in [7, 11) is 0. The van der Waals surface area contributed by atoms with E-state index in [-0.39, 0.29) is 0 Å². The van der Waals surface area contributed by atoms with E-state index in [9.17, 15) is 5.11 Å². The second kappa shape index (κ2) is 5.21. The van der Waals surface area contributed by atoms with E-state index >= 15 is 0 Å². The lowest BCUT2D eigenvalue weighted by atomic mass is 9.91. The smallest absolute Gasteiger partial charge is 0.129 e. The monoisotopic (exact) mass is 327 g/mol. The van der Waals surface area contributed by atoms with Crippen LogP contribution < -0.4 is 4.74 Å². The van der Waals surface area contributed by atoms with Gasteiger partial charge >= 0.3 is 0 Å². The predicted octanol–water partition coefficient (Wildman–Crippen LogP) is 5.00. The van der Waals surface area contributed by atoms with E-state index in [0.717, 1.165) is 50.5 Å². The third-order valence-corrected chi connectivity index (χ3v) is 5.05. The maximum absolute atomic E-state index is 10.9. The van der Waals surface area contributed by atoms with Crippen molar-refractivity contribution in [3.63, 3.8) is 0 Å². The van der Waals surface area contributed by atoms with E-state index in [0.29, 0.717) is 12.4 Å². The van der Waals surface area contributed by atoms with Gasteiger partial charge in [0.2, 0.25) is 0 Å². The lowest BCUT2D eigenvalue weighted by molar-refractivity contribution is 0.318. The van der Waals surface area contributed by atoms with Crippen LogP contribution >= 0.6 is 0 Å². The highest BCUT2D eigenvalue weighted by Crippen LogP contribution is 2.44. The molecular weight excluding hydrogens is 310 g/mol. The SMILES string of the molecule is Cc1cc2ccccc2c(-c2ccc3c4c(ccnc24)CCO3)c1O. The molecule has 3 heteroatoms. The minimum atomic E-state index is 0.318. The Morgan fingerprint density at radius 1 is 1.08 bits per heavy atom. The Labute approximate surface area is 145 Å². The summed E-state index contributed by atoms with van der Waals surface area (Å²) in [5, 5.41) is 14.1. The number of aromatic nitrogens is 1. The van der Waals surface area contributed by atoms with E-state index in [2.05, 4.69) is 23.2 Å². The lowest BCUT2D eigenvalue weighted by Gasteiger charge is -2.20. The molecule has 0 amide bonds. The minimum absolute atomic E-state index is 0.318. The summed E-state index contributed by atoms with van der Waals surface area (Å²) < 4.78 is 5.83. The summed E-state index contributed by atoms with van der Waals surface area (Å²) in [4.78, 5) is 4.65. The van der Waals surface area contributed by atoms with Crippen molar-refractivity contribution in [3.05, 3.63) is 65.9 Å². The number of aromatic hydroxyl groups is 1.